The second-order valence-electron chi connectivity index (χ2n) is 3.36. The Bertz CT molecular complexity index is 447. The van der Waals surface area contributed by atoms with Gasteiger partial charge in [0.05, 0.1) is 6.54 Å². The summed E-state index contributed by atoms with van der Waals surface area (Å²) in [5, 5.41) is 9.82. The zero-order valence-corrected chi connectivity index (χ0v) is 9.77. The first-order chi connectivity index (χ1) is 8.31. The first-order valence-electron chi connectivity index (χ1n) is 5.36. The predicted molar refractivity (Wildman–Crippen MR) is 62.6 cm³/mol. The topological polar surface area (TPSA) is 88.8 Å². The Morgan fingerprint density at radius 1 is 1.24 bits per heavy atom. The highest BCUT2D eigenvalue weighted by Crippen LogP contribution is 2.11. The predicted octanol–water partition coefficient (Wildman–Crippen LogP) is 1.08. The van der Waals surface area contributed by atoms with Gasteiger partial charge in [-0.05, 0) is 0 Å². The van der Waals surface area contributed by atoms with Gasteiger partial charge in [0.15, 0.2) is 5.82 Å². The van der Waals surface area contributed by atoms with Gasteiger partial charge < -0.3 is 15.2 Å². The van der Waals surface area contributed by atoms with Crippen LogP contribution < -0.4 is 10.6 Å². The third-order valence-corrected chi connectivity index (χ3v) is 2.18. The third-order valence-electron chi connectivity index (χ3n) is 2.18. The van der Waals surface area contributed by atoms with Crippen molar-refractivity contribution in [3.63, 3.8) is 0 Å². The molecule has 0 fully saturated rings. The van der Waals surface area contributed by atoms with Gasteiger partial charge in [-0.25, -0.2) is 9.97 Å². The van der Waals surface area contributed by atoms with Crippen molar-refractivity contribution in [1.29, 1.82) is 0 Å². The Morgan fingerprint density at radius 2 is 2.06 bits per heavy atom. The first kappa shape index (κ1) is 11.3. The molecule has 0 aliphatic carbocycles. The largest absolute Gasteiger partial charge is 0.373 e. The lowest BCUT2D eigenvalue weighted by Gasteiger charge is -2.07. The number of aryl methyl sites for hydroxylation is 1. The number of aromatic nitrogens is 4. The fourth-order valence-electron chi connectivity index (χ4n) is 1.31. The number of nitrogens with zero attached hydrogens (tertiary/aromatic N) is 4. The highest BCUT2D eigenvalue weighted by atomic mass is 16.5. The van der Waals surface area contributed by atoms with E-state index in [9.17, 15) is 0 Å². The van der Waals surface area contributed by atoms with Crippen LogP contribution in [-0.4, -0.2) is 27.2 Å². The van der Waals surface area contributed by atoms with E-state index < -0.39 is 0 Å². The highest BCUT2D eigenvalue weighted by Gasteiger charge is 2.03. The van der Waals surface area contributed by atoms with Crippen LogP contribution >= 0.6 is 0 Å². The van der Waals surface area contributed by atoms with E-state index >= 15 is 0 Å². The zero-order valence-electron chi connectivity index (χ0n) is 9.77. The van der Waals surface area contributed by atoms with Crippen molar-refractivity contribution < 1.29 is 4.52 Å². The molecule has 7 nitrogen and oxygen atoms in total. The van der Waals surface area contributed by atoms with E-state index in [2.05, 4.69) is 35.3 Å². The molecule has 90 valence electrons. The summed E-state index contributed by atoms with van der Waals surface area (Å²) in [5.41, 5.74) is 0. The normalized spacial score (nSPS) is 10.2. The molecule has 2 aromatic rings. The summed E-state index contributed by atoms with van der Waals surface area (Å²) in [6.07, 6.45) is 2.08. The van der Waals surface area contributed by atoms with Gasteiger partial charge in [0.2, 0.25) is 6.39 Å². The van der Waals surface area contributed by atoms with Gasteiger partial charge in [-0.2, -0.15) is 4.98 Å². The number of hydrogen-bond donors (Lipinski definition) is 2. The van der Waals surface area contributed by atoms with Gasteiger partial charge in [-0.3, -0.25) is 0 Å². The van der Waals surface area contributed by atoms with Gasteiger partial charge >= 0.3 is 0 Å². The second kappa shape index (κ2) is 5.24. The molecule has 0 unspecified atom stereocenters. The molecule has 0 amide bonds. The number of hydrogen-bond acceptors (Lipinski definition) is 7. The molecule has 7 heteroatoms. The molecule has 2 aromatic heterocycles. The Balaban J connectivity index is 2.09. The third kappa shape index (κ3) is 2.90. The average Bonchev–Trinajstić information content (AvgIpc) is 2.89. The fraction of sp³-hybridized carbons (Fsp3) is 0.400. The van der Waals surface area contributed by atoms with Gasteiger partial charge in [0.25, 0.3) is 0 Å². The molecule has 0 aliphatic rings. The van der Waals surface area contributed by atoms with E-state index in [-0.39, 0.29) is 0 Å². The molecule has 0 saturated heterocycles. The molecule has 0 spiro atoms. The summed E-state index contributed by atoms with van der Waals surface area (Å²) in [7, 11) is 1.82. The van der Waals surface area contributed by atoms with Crippen LogP contribution in [0.2, 0.25) is 0 Å². The molecule has 0 aromatic carbocycles. The number of nitrogens with one attached hydrogen (secondary N) is 2. The molecule has 0 bridgehead atoms. The van der Waals surface area contributed by atoms with Crippen LogP contribution in [0.5, 0.6) is 0 Å². The minimum atomic E-state index is 0.472. The van der Waals surface area contributed by atoms with Crippen LogP contribution in [0, 0.1) is 0 Å². The molecule has 0 atom stereocenters. The van der Waals surface area contributed by atoms with Gasteiger partial charge in [-0.1, -0.05) is 12.1 Å². The summed E-state index contributed by atoms with van der Waals surface area (Å²) >= 11 is 0. The van der Waals surface area contributed by atoms with Crippen molar-refractivity contribution in [2.75, 3.05) is 17.7 Å². The minimum Gasteiger partial charge on any atom is -0.373 e. The van der Waals surface area contributed by atoms with Crippen molar-refractivity contribution in [2.45, 2.75) is 19.9 Å². The van der Waals surface area contributed by atoms with E-state index in [1.54, 1.807) is 0 Å². The van der Waals surface area contributed by atoms with Crippen molar-refractivity contribution in [2.24, 2.45) is 0 Å². The molecular formula is C10H14N6O. The van der Waals surface area contributed by atoms with Gasteiger partial charge in [0.1, 0.15) is 17.5 Å². The molecule has 17 heavy (non-hydrogen) atoms. The Morgan fingerprint density at radius 3 is 2.71 bits per heavy atom. The maximum absolute atomic E-state index is 4.65. The second-order valence-corrected chi connectivity index (χ2v) is 3.36. The van der Waals surface area contributed by atoms with Crippen LogP contribution in [0.25, 0.3) is 0 Å². The van der Waals surface area contributed by atoms with Crippen molar-refractivity contribution in [1.82, 2.24) is 20.1 Å². The van der Waals surface area contributed by atoms with Crippen LogP contribution in [0.3, 0.4) is 0 Å². The van der Waals surface area contributed by atoms with Crippen LogP contribution in [-0.2, 0) is 13.0 Å². The standard InChI is InChI=1S/C10H14N6O/c1-3-7-14-8(11-2)4-9(15-7)12-5-10-13-6-17-16-10/h4,6H,3,5H2,1-2H3,(H2,11,12,14,15). The van der Waals surface area contributed by atoms with Crippen molar-refractivity contribution in [3.8, 4) is 0 Å². The Kier molecular flexibility index (Phi) is 3.49. The van der Waals surface area contributed by atoms with E-state index in [0.717, 1.165) is 23.9 Å². The molecule has 0 saturated carbocycles. The highest BCUT2D eigenvalue weighted by molar-refractivity contribution is 5.47. The van der Waals surface area contributed by atoms with E-state index in [4.69, 9.17) is 0 Å². The van der Waals surface area contributed by atoms with Crippen molar-refractivity contribution >= 4 is 11.6 Å². The Hall–Kier alpha value is -2.18. The maximum atomic E-state index is 4.65. The lowest BCUT2D eigenvalue weighted by atomic mass is 10.4. The van der Waals surface area contributed by atoms with E-state index in [1.807, 2.05) is 20.0 Å². The smallest absolute Gasteiger partial charge is 0.213 e. The van der Waals surface area contributed by atoms with Crippen molar-refractivity contribution in [3.05, 3.63) is 24.1 Å². The molecule has 2 heterocycles. The summed E-state index contributed by atoms with van der Waals surface area (Å²) in [6.45, 7) is 2.48. The average molecular weight is 234 g/mol. The van der Waals surface area contributed by atoms with E-state index in [0.29, 0.717) is 12.4 Å². The SMILES string of the molecule is CCc1nc(NC)cc(NCc2ncon2)n1. The van der Waals surface area contributed by atoms with Gasteiger partial charge in [0, 0.05) is 19.5 Å². The quantitative estimate of drug-likeness (QED) is 0.800. The monoisotopic (exact) mass is 234 g/mol. The molecule has 2 rings (SSSR count). The van der Waals surface area contributed by atoms with E-state index in [1.165, 1.54) is 6.39 Å². The van der Waals surface area contributed by atoms with Gasteiger partial charge in [-0.15, -0.1) is 0 Å². The zero-order chi connectivity index (χ0) is 12.1. The molecule has 0 aliphatic heterocycles. The number of rotatable bonds is 5. The molecular weight excluding hydrogens is 220 g/mol. The van der Waals surface area contributed by atoms with Crippen LogP contribution in [0.1, 0.15) is 18.6 Å². The fourth-order valence-corrected chi connectivity index (χ4v) is 1.31. The number of anilines is 2. The van der Waals surface area contributed by atoms with Crippen LogP contribution in [0.15, 0.2) is 17.0 Å². The Labute approximate surface area is 98.7 Å². The lowest BCUT2D eigenvalue weighted by molar-refractivity contribution is 0.411. The molecule has 2 N–H and O–H groups in total. The minimum absolute atomic E-state index is 0.472. The lowest BCUT2D eigenvalue weighted by Crippen LogP contribution is -2.07. The maximum Gasteiger partial charge on any atom is 0.213 e. The summed E-state index contributed by atoms with van der Waals surface area (Å²) < 4.78 is 4.65. The first-order valence-corrected chi connectivity index (χ1v) is 5.36. The molecule has 0 radical (unpaired) electrons. The van der Waals surface area contributed by atoms with Crippen LogP contribution in [0.4, 0.5) is 11.6 Å². The summed E-state index contributed by atoms with van der Waals surface area (Å²) in [5.74, 6) is 2.90. The summed E-state index contributed by atoms with van der Waals surface area (Å²) in [4.78, 5) is 12.6. The summed E-state index contributed by atoms with van der Waals surface area (Å²) in [6, 6.07) is 1.83.